The maximum Gasteiger partial charge on any atom is 0.227 e. The van der Waals surface area contributed by atoms with Gasteiger partial charge in [-0.05, 0) is 37.4 Å². The van der Waals surface area contributed by atoms with Crippen molar-refractivity contribution in [3.05, 3.63) is 31.0 Å². The summed E-state index contributed by atoms with van der Waals surface area (Å²) in [5, 5.41) is 7.01. The number of carbonyl (C=O) groups excluding carboxylic acids is 1. The van der Waals surface area contributed by atoms with Crippen LogP contribution in [-0.2, 0) is 4.79 Å². The van der Waals surface area contributed by atoms with Gasteiger partial charge in [0.15, 0.2) is 5.82 Å². The van der Waals surface area contributed by atoms with Gasteiger partial charge in [0.25, 0.3) is 0 Å². The molecule has 0 bridgehead atoms. The molecule has 0 radical (unpaired) electrons. The molecular formula is C14H18N6O. The van der Waals surface area contributed by atoms with E-state index >= 15 is 0 Å². The van der Waals surface area contributed by atoms with E-state index in [4.69, 9.17) is 5.73 Å². The molecule has 110 valence electrons. The summed E-state index contributed by atoms with van der Waals surface area (Å²) in [5.41, 5.74) is 6.38. The van der Waals surface area contributed by atoms with E-state index in [0.717, 1.165) is 19.3 Å². The van der Waals surface area contributed by atoms with Crippen LogP contribution in [0.25, 0.3) is 5.82 Å². The Morgan fingerprint density at radius 2 is 2.38 bits per heavy atom. The molecule has 7 heteroatoms. The Balaban J connectivity index is 1.81. The molecule has 7 nitrogen and oxygen atoms in total. The molecule has 2 atom stereocenters. The lowest BCUT2D eigenvalue weighted by Crippen LogP contribution is -2.30. The maximum atomic E-state index is 12.5. The van der Waals surface area contributed by atoms with Crippen molar-refractivity contribution >= 4 is 11.6 Å². The third-order valence-corrected chi connectivity index (χ3v) is 3.98. The Morgan fingerprint density at radius 1 is 1.48 bits per heavy atom. The lowest BCUT2D eigenvalue weighted by Gasteiger charge is -2.18. The van der Waals surface area contributed by atoms with Gasteiger partial charge in [0, 0.05) is 12.1 Å². The predicted molar refractivity (Wildman–Crippen MR) is 77.7 cm³/mol. The molecule has 0 saturated heterocycles. The van der Waals surface area contributed by atoms with Crippen LogP contribution in [-0.4, -0.2) is 32.2 Å². The lowest BCUT2D eigenvalue weighted by molar-refractivity contribution is -0.120. The predicted octanol–water partition coefficient (Wildman–Crippen LogP) is 0.976. The fourth-order valence-electron chi connectivity index (χ4n) is 2.88. The van der Waals surface area contributed by atoms with Crippen molar-refractivity contribution < 1.29 is 4.79 Å². The van der Waals surface area contributed by atoms with Gasteiger partial charge in [-0.15, -0.1) is 0 Å². The van der Waals surface area contributed by atoms with E-state index < -0.39 is 0 Å². The minimum atomic E-state index is -0.0150. The normalized spacial score (nSPS) is 21.4. The first-order valence-corrected chi connectivity index (χ1v) is 7.10. The molecule has 2 unspecified atom stereocenters. The van der Waals surface area contributed by atoms with Gasteiger partial charge in [0.2, 0.25) is 5.91 Å². The maximum absolute atomic E-state index is 12.5. The van der Waals surface area contributed by atoms with Gasteiger partial charge in [-0.3, -0.25) is 4.79 Å². The molecular weight excluding hydrogens is 268 g/mol. The lowest BCUT2D eigenvalue weighted by atomic mass is 9.95. The smallest absolute Gasteiger partial charge is 0.227 e. The zero-order chi connectivity index (χ0) is 14.7. The first kappa shape index (κ1) is 13.7. The zero-order valence-electron chi connectivity index (χ0n) is 11.6. The van der Waals surface area contributed by atoms with E-state index in [1.807, 2.05) is 6.07 Å². The van der Waals surface area contributed by atoms with Crippen LogP contribution in [0.2, 0.25) is 0 Å². The van der Waals surface area contributed by atoms with Gasteiger partial charge in [-0.1, -0.05) is 6.42 Å². The van der Waals surface area contributed by atoms with Crippen LogP contribution in [0.1, 0.15) is 19.3 Å². The molecule has 2 aromatic heterocycles. The zero-order valence-corrected chi connectivity index (χ0v) is 11.6. The highest BCUT2D eigenvalue weighted by Crippen LogP contribution is 2.32. The quantitative estimate of drug-likeness (QED) is 0.872. The summed E-state index contributed by atoms with van der Waals surface area (Å²) in [5.74, 6) is 0.832. The highest BCUT2D eigenvalue weighted by molar-refractivity contribution is 5.94. The monoisotopic (exact) mass is 286 g/mol. The SMILES string of the molecule is NCC1CCCC1C(=O)Nc1cccnc1-n1cncn1. The summed E-state index contributed by atoms with van der Waals surface area (Å²) in [4.78, 5) is 20.6. The second-order valence-corrected chi connectivity index (χ2v) is 5.24. The Bertz CT molecular complexity index is 612. The Hall–Kier alpha value is -2.28. The Morgan fingerprint density at radius 3 is 3.14 bits per heavy atom. The van der Waals surface area contributed by atoms with Crippen molar-refractivity contribution in [3.63, 3.8) is 0 Å². The molecule has 3 rings (SSSR count). The number of nitrogens with two attached hydrogens (primary N) is 1. The standard InChI is InChI=1S/C14H18N6O/c15-7-10-3-1-4-11(10)14(21)19-12-5-2-6-17-13(12)20-9-16-8-18-20/h2,5-6,8-11H,1,3-4,7,15H2,(H,19,21). The number of pyridine rings is 1. The third kappa shape index (κ3) is 2.78. The number of nitrogens with one attached hydrogen (secondary N) is 1. The first-order chi connectivity index (χ1) is 10.3. The Labute approximate surface area is 122 Å². The number of hydrogen-bond acceptors (Lipinski definition) is 5. The van der Waals surface area contributed by atoms with Crippen molar-refractivity contribution in [1.29, 1.82) is 0 Å². The molecule has 1 fully saturated rings. The average Bonchev–Trinajstić information content (AvgIpc) is 3.19. The topological polar surface area (TPSA) is 98.7 Å². The van der Waals surface area contributed by atoms with Crippen molar-refractivity contribution in [1.82, 2.24) is 19.7 Å². The van der Waals surface area contributed by atoms with Crippen LogP contribution in [0.5, 0.6) is 0 Å². The Kier molecular flexibility index (Phi) is 3.92. The van der Waals surface area contributed by atoms with Gasteiger partial charge < -0.3 is 11.1 Å². The van der Waals surface area contributed by atoms with Crippen LogP contribution in [0.4, 0.5) is 5.69 Å². The number of amides is 1. The second kappa shape index (κ2) is 6.01. The van der Waals surface area contributed by atoms with E-state index in [1.54, 1.807) is 18.6 Å². The molecule has 1 aliphatic carbocycles. The minimum Gasteiger partial charge on any atom is -0.330 e. The van der Waals surface area contributed by atoms with Crippen molar-refractivity contribution in [2.75, 3.05) is 11.9 Å². The molecule has 2 aromatic rings. The van der Waals surface area contributed by atoms with E-state index in [1.165, 1.54) is 11.0 Å². The molecule has 1 saturated carbocycles. The minimum absolute atomic E-state index is 0.0114. The van der Waals surface area contributed by atoms with E-state index in [2.05, 4.69) is 20.4 Å². The van der Waals surface area contributed by atoms with Crippen LogP contribution in [0, 0.1) is 11.8 Å². The van der Waals surface area contributed by atoms with E-state index in [0.29, 0.717) is 18.1 Å². The summed E-state index contributed by atoms with van der Waals surface area (Å²) in [6, 6.07) is 3.60. The summed E-state index contributed by atoms with van der Waals surface area (Å²) in [6.45, 7) is 0.557. The summed E-state index contributed by atoms with van der Waals surface area (Å²) in [7, 11) is 0. The van der Waals surface area contributed by atoms with Crippen molar-refractivity contribution in [2.24, 2.45) is 17.6 Å². The number of hydrogen-bond donors (Lipinski definition) is 2. The molecule has 0 spiro atoms. The number of carbonyl (C=O) groups is 1. The van der Waals surface area contributed by atoms with E-state index in [9.17, 15) is 4.79 Å². The second-order valence-electron chi connectivity index (χ2n) is 5.24. The van der Waals surface area contributed by atoms with Crippen molar-refractivity contribution in [2.45, 2.75) is 19.3 Å². The number of rotatable bonds is 4. The molecule has 2 heterocycles. The van der Waals surface area contributed by atoms with Crippen LogP contribution < -0.4 is 11.1 Å². The molecule has 1 aliphatic rings. The van der Waals surface area contributed by atoms with Crippen LogP contribution >= 0.6 is 0 Å². The van der Waals surface area contributed by atoms with Gasteiger partial charge in [-0.25, -0.2) is 14.6 Å². The van der Waals surface area contributed by atoms with E-state index in [-0.39, 0.29) is 17.7 Å². The summed E-state index contributed by atoms with van der Waals surface area (Å²) >= 11 is 0. The van der Waals surface area contributed by atoms with Crippen LogP contribution in [0.3, 0.4) is 0 Å². The third-order valence-electron chi connectivity index (χ3n) is 3.98. The van der Waals surface area contributed by atoms with Gasteiger partial charge in [-0.2, -0.15) is 5.10 Å². The number of anilines is 1. The molecule has 21 heavy (non-hydrogen) atoms. The highest BCUT2D eigenvalue weighted by Gasteiger charge is 2.32. The number of aromatic nitrogens is 4. The van der Waals surface area contributed by atoms with Crippen molar-refractivity contribution in [3.8, 4) is 5.82 Å². The fourth-order valence-corrected chi connectivity index (χ4v) is 2.88. The summed E-state index contributed by atoms with van der Waals surface area (Å²) < 4.78 is 1.53. The van der Waals surface area contributed by atoms with Gasteiger partial charge in [0.1, 0.15) is 12.7 Å². The average molecular weight is 286 g/mol. The molecule has 0 aliphatic heterocycles. The molecule has 3 N–H and O–H groups in total. The van der Waals surface area contributed by atoms with Gasteiger partial charge >= 0.3 is 0 Å². The fraction of sp³-hybridized carbons (Fsp3) is 0.429. The largest absolute Gasteiger partial charge is 0.330 e. The highest BCUT2D eigenvalue weighted by atomic mass is 16.1. The molecule has 1 amide bonds. The number of nitrogens with zero attached hydrogens (tertiary/aromatic N) is 4. The first-order valence-electron chi connectivity index (χ1n) is 7.10. The molecule has 0 aromatic carbocycles. The summed E-state index contributed by atoms with van der Waals surface area (Å²) in [6.07, 6.45) is 7.62. The van der Waals surface area contributed by atoms with Gasteiger partial charge in [0.05, 0.1) is 5.69 Å². The van der Waals surface area contributed by atoms with Crippen LogP contribution in [0.15, 0.2) is 31.0 Å².